The summed E-state index contributed by atoms with van der Waals surface area (Å²) in [4.78, 5) is 13.5. The van der Waals surface area contributed by atoms with Crippen molar-refractivity contribution in [3.05, 3.63) is 41.5 Å². The largest absolute Gasteiger partial charge is 0.308 e. The summed E-state index contributed by atoms with van der Waals surface area (Å²) >= 11 is 0. The Hall–Kier alpha value is -1.81. The van der Waals surface area contributed by atoms with Gasteiger partial charge in [0.1, 0.15) is 0 Å². The third kappa shape index (κ3) is 3.02. The smallest absolute Gasteiger partial charge is 0.160 e. The van der Waals surface area contributed by atoms with Gasteiger partial charge in [0.2, 0.25) is 0 Å². The highest BCUT2D eigenvalue weighted by Crippen LogP contribution is 2.22. The monoisotopic (exact) mass is 268 g/mol. The van der Waals surface area contributed by atoms with E-state index in [0.717, 1.165) is 35.7 Å². The number of nitrogens with zero attached hydrogens (tertiary/aromatic N) is 3. The molecule has 1 saturated carbocycles. The number of aryl methyl sites for hydroxylation is 2. The second-order valence-electron chi connectivity index (χ2n) is 5.37. The highest BCUT2D eigenvalue weighted by molar-refractivity contribution is 5.59. The van der Waals surface area contributed by atoms with Gasteiger partial charge in [0.15, 0.2) is 5.82 Å². The molecule has 1 N–H and O–H groups in total. The van der Waals surface area contributed by atoms with Gasteiger partial charge in [-0.15, -0.1) is 0 Å². The predicted molar refractivity (Wildman–Crippen MR) is 79.2 cm³/mol. The van der Waals surface area contributed by atoms with Crippen molar-refractivity contribution in [3.8, 4) is 11.4 Å². The van der Waals surface area contributed by atoms with E-state index in [9.17, 15) is 0 Å². The van der Waals surface area contributed by atoms with Crippen LogP contribution in [0.2, 0.25) is 0 Å². The molecular formula is C16H20N4. The first-order chi connectivity index (χ1) is 9.76. The fraction of sp³-hybridized carbons (Fsp3) is 0.438. The molecule has 104 valence electrons. The molecule has 0 aromatic carbocycles. The minimum atomic E-state index is 0.695. The second-order valence-corrected chi connectivity index (χ2v) is 5.37. The maximum atomic E-state index is 4.71. The molecule has 0 radical (unpaired) electrons. The lowest BCUT2D eigenvalue weighted by Gasteiger charge is -2.09. The van der Waals surface area contributed by atoms with E-state index in [2.05, 4.69) is 28.3 Å². The van der Waals surface area contributed by atoms with Crippen molar-refractivity contribution in [2.75, 3.05) is 0 Å². The first-order valence-corrected chi connectivity index (χ1v) is 7.27. The van der Waals surface area contributed by atoms with Crippen LogP contribution in [-0.2, 0) is 13.0 Å². The fourth-order valence-electron chi connectivity index (χ4n) is 2.31. The SMILES string of the molecule is CCc1cnccc1-c1nc(C)cc(CNC2CC2)n1. The molecule has 4 heteroatoms. The summed E-state index contributed by atoms with van der Waals surface area (Å²) in [5.41, 5.74) is 4.37. The summed E-state index contributed by atoms with van der Waals surface area (Å²) in [7, 11) is 0. The number of hydrogen-bond donors (Lipinski definition) is 1. The molecule has 1 aliphatic carbocycles. The van der Waals surface area contributed by atoms with Crippen LogP contribution in [0.4, 0.5) is 0 Å². The van der Waals surface area contributed by atoms with Crippen LogP contribution in [0, 0.1) is 6.92 Å². The molecule has 20 heavy (non-hydrogen) atoms. The Morgan fingerprint density at radius 1 is 1.30 bits per heavy atom. The normalized spacial score (nSPS) is 14.5. The lowest BCUT2D eigenvalue weighted by Crippen LogP contribution is -2.17. The fourth-order valence-corrected chi connectivity index (χ4v) is 2.31. The maximum Gasteiger partial charge on any atom is 0.160 e. The molecule has 2 aromatic heterocycles. The average Bonchev–Trinajstić information content (AvgIpc) is 3.29. The zero-order valence-electron chi connectivity index (χ0n) is 12.1. The van der Waals surface area contributed by atoms with Gasteiger partial charge in [0.25, 0.3) is 0 Å². The summed E-state index contributed by atoms with van der Waals surface area (Å²) in [6.07, 6.45) is 7.24. The van der Waals surface area contributed by atoms with Crippen molar-refractivity contribution in [1.29, 1.82) is 0 Å². The molecule has 2 aromatic rings. The maximum absolute atomic E-state index is 4.71. The highest BCUT2D eigenvalue weighted by atomic mass is 15.0. The highest BCUT2D eigenvalue weighted by Gasteiger charge is 2.20. The van der Waals surface area contributed by atoms with Crippen LogP contribution in [0.15, 0.2) is 24.5 Å². The molecule has 1 aliphatic rings. The standard InChI is InChI=1S/C16H20N4/c1-3-12-9-17-7-6-15(12)16-19-11(2)8-14(20-16)10-18-13-4-5-13/h6-9,13,18H,3-5,10H2,1-2H3. The Bertz CT molecular complexity index is 605. The predicted octanol–water partition coefficient (Wildman–Crippen LogP) is 2.66. The van der Waals surface area contributed by atoms with Crippen LogP contribution in [0.3, 0.4) is 0 Å². The lowest BCUT2D eigenvalue weighted by atomic mass is 10.1. The van der Waals surface area contributed by atoms with Gasteiger partial charge in [-0.3, -0.25) is 4.98 Å². The van der Waals surface area contributed by atoms with E-state index in [-0.39, 0.29) is 0 Å². The van der Waals surface area contributed by atoms with E-state index in [4.69, 9.17) is 4.98 Å². The minimum Gasteiger partial charge on any atom is -0.308 e. The lowest BCUT2D eigenvalue weighted by molar-refractivity contribution is 0.672. The molecule has 1 fully saturated rings. The van der Waals surface area contributed by atoms with E-state index in [1.807, 2.05) is 25.4 Å². The topological polar surface area (TPSA) is 50.7 Å². The number of nitrogens with one attached hydrogen (secondary N) is 1. The van der Waals surface area contributed by atoms with Crippen molar-refractivity contribution in [3.63, 3.8) is 0 Å². The summed E-state index contributed by atoms with van der Waals surface area (Å²) < 4.78 is 0. The molecule has 0 unspecified atom stereocenters. The van der Waals surface area contributed by atoms with Crippen LogP contribution in [-0.4, -0.2) is 21.0 Å². The Balaban J connectivity index is 1.91. The van der Waals surface area contributed by atoms with E-state index >= 15 is 0 Å². The molecule has 0 aliphatic heterocycles. The Kier molecular flexibility index (Phi) is 3.74. The Morgan fingerprint density at radius 3 is 2.90 bits per heavy atom. The number of hydrogen-bond acceptors (Lipinski definition) is 4. The van der Waals surface area contributed by atoms with Crippen LogP contribution in [0.1, 0.15) is 36.7 Å². The average molecular weight is 268 g/mol. The van der Waals surface area contributed by atoms with Gasteiger partial charge in [-0.1, -0.05) is 6.92 Å². The molecule has 0 spiro atoms. The summed E-state index contributed by atoms with van der Waals surface area (Å²) in [6.45, 7) is 4.98. The molecule has 0 atom stereocenters. The Morgan fingerprint density at radius 2 is 2.15 bits per heavy atom. The number of aromatic nitrogens is 3. The van der Waals surface area contributed by atoms with Gasteiger partial charge < -0.3 is 5.32 Å². The van der Waals surface area contributed by atoms with Crippen LogP contribution in [0.25, 0.3) is 11.4 Å². The molecular weight excluding hydrogens is 248 g/mol. The third-order valence-corrected chi connectivity index (χ3v) is 3.58. The summed E-state index contributed by atoms with van der Waals surface area (Å²) in [6, 6.07) is 4.76. The molecule has 4 nitrogen and oxygen atoms in total. The molecule has 0 amide bonds. The van der Waals surface area contributed by atoms with Crippen molar-refractivity contribution in [2.45, 2.75) is 45.7 Å². The van der Waals surface area contributed by atoms with Gasteiger partial charge >= 0.3 is 0 Å². The van der Waals surface area contributed by atoms with Crippen molar-refractivity contribution in [2.24, 2.45) is 0 Å². The first kappa shape index (κ1) is 13.2. The van der Waals surface area contributed by atoms with E-state index in [1.54, 1.807) is 0 Å². The van der Waals surface area contributed by atoms with Crippen LogP contribution >= 0.6 is 0 Å². The van der Waals surface area contributed by atoms with Crippen molar-refractivity contribution >= 4 is 0 Å². The summed E-state index contributed by atoms with van der Waals surface area (Å²) in [5, 5.41) is 3.50. The third-order valence-electron chi connectivity index (χ3n) is 3.58. The quantitative estimate of drug-likeness (QED) is 0.905. The molecule has 2 heterocycles. The van der Waals surface area contributed by atoms with E-state index < -0.39 is 0 Å². The van der Waals surface area contributed by atoms with E-state index in [0.29, 0.717) is 6.04 Å². The number of pyridine rings is 1. The van der Waals surface area contributed by atoms with E-state index in [1.165, 1.54) is 18.4 Å². The van der Waals surface area contributed by atoms with Gasteiger partial charge in [-0.2, -0.15) is 0 Å². The zero-order valence-corrected chi connectivity index (χ0v) is 12.1. The van der Waals surface area contributed by atoms with Crippen molar-refractivity contribution in [1.82, 2.24) is 20.3 Å². The van der Waals surface area contributed by atoms with Crippen LogP contribution in [0.5, 0.6) is 0 Å². The molecule has 0 saturated heterocycles. The van der Waals surface area contributed by atoms with Gasteiger partial charge in [0.05, 0.1) is 5.69 Å². The minimum absolute atomic E-state index is 0.695. The van der Waals surface area contributed by atoms with Crippen LogP contribution < -0.4 is 5.32 Å². The first-order valence-electron chi connectivity index (χ1n) is 7.27. The zero-order chi connectivity index (χ0) is 13.9. The van der Waals surface area contributed by atoms with Gasteiger partial charge in [-0.05, 0) is 43.9 Å². The number of rotatable bonds is 5. The summed E-state index contributed by atoms with van der Waals surface area (Å²) in [5.74, 6) is 0.817. The molecule has 0 bridgehead atoms. The molecule has 3 rings (SSSR count). The van der Waals surface area contributed by atoms with Gasteiger partial charge in [-0.25, -0.2) is 9.97 Å². The van der Waals surface area contributed by atoms with Gasteiger partial charge in [0, 0.05) is 36.2 Å². The Labute approximate surface area is 119 Å². The van der Waals surface area contributed by atoms with Crippen molar-refractivity contribution < 1.29 is 0 Å². The second kappa shape index (κ2) is 5.67.